The van der Waals surface area contributed by atoms with Gasteiger partial charge >= 0.3 is 0 Å². The van der Waals surface area contributed by atoms with Crippen molar-refractivity contribution in [1.82, 2.24) is 0 Å². The maximum atomic E-state index is 9.71. The summed E-state index contributed by atoms with van der Waals surface area (Å²) in [5.74, 6) is 0.476. The lowest BCUT2D eigenvalue weighted by Gasteiger charge is -2.14. The fraction of sp³-hybridized carbons (Fsp3) is 0.500. The second-order valence-corrected chi connectivity index (χ2v) is 5.01. The molecule has 1 aliphatic rings. The number of benzene rings is 1. The van der Waals surface area contributed by atoms with E-state index in [1.165, 1.54) is 18.4 Å². The Kier molecular flexibility index (Phi) is 3.24. The van der Waals surface area contributed by atoms with Crippen LogP contribution in [0.1, 0.15) is 24.8 Å². The van der Waals surface area contributed by atoms with Crippen molar-refractivity contribution in [2.24, 2.45) is 5.92 Å². The summed E-state index contributed by atoms with van der Waals surface area (Å²) in [6.07, 6.45) is 4.28. The predicted molar refractivity (Wildman–Crippen MR) is 61.2 cm³/mol. The van der Waals surface area contributed by atoms with E-state index in [9.17, 15) is 5.11 Å². The molecule has 1 nitrogen and oxygen atoms in total. The van der Waals surface area contributed by atoms with Crippen molar-refractivity contribution in [3.8, 4) is 0 Å². The number of rotatable bonds is 2. The molecule has 1 aromatic carbocycles. The molecule has 1 N–H and O–H groups in total. The van der Waals surface area contributed by atoms with Gasteiger partial charge in [0.1, 0.15) is 0 Å². The summed E-state index contributed by atoms with van der Waals surface area (Å²) in [7, 11) is 0. The first-order valence-corrected chi connectivity index (χ1v) is 5.97. The largest absolute Gasteiger partial charge is 0.393 e. The third-order valence-corrected chi connectivity index (χ3v) is 3.50. The van der Waals surface area contributed by atoms with E-state index in [-0.39, 0.29) is 6.10 Å². The molecule has 2 heteroatoms. The van der Waals surface area contributed by atoms with E-state index < -0.39 is 0 Å². The summed E-state index contributed by atoms with van der Waals surface area (Å²) < 4.78 is 1.13. The smallest absolute Gasteiger partial charge is 0.0571 e. The Morgan fingerprint density at radius 1 is 1.36 bits per heavy atom. The maximum Gasteiger partial charge on any atom is 0.0571 e. The molecule has 0 saturated heterocycles. The summed E-state index contributed by atoms with van der Waals surface area (Å²) in [6, 6.07) is 8.37. The molecular weight excluding hydrogens is 240 g/mol. The molecule has 1 saturated carbocycles. The maximum absolute atomic E-state index is 9.71. The highest BCUT2D eigenvalue weighted by molar-refractivity contribution is 9.10. The fourth-order valence-electron chi connectivity index (χ4n) is 2.22. The topological polar surface area (TPSA) is 20.2 Å². The molecule has 0 amide bonds. The van der Waals surface area contributed by atoms with Crippen LogP contribution in [0.4, 0.5) is 0 Å². The van der Waals surface area contributed by atoms with Crippen molar-refractivity contribution >= 4 is 15.9 Å². The molecule has 0 radical (unpaired) electrons. The summed E-state index contributed by atoms with van der Waals surface area (Å²) in [5, 5.41) is 9.71. The van der Waals surface area contributed by atoms with Gasteiger partial charge in [0.2, 0.25) is 0 Å². The molecule has 14 heavy (non-hydrogen) atoms. The molecule has 1 fully saturated rings. The van der Waals surface area contributed by atoms with Gasteiger partial charge in [0.15, 0.2) is 0 Å². The lowest BCUT2D eigenvalue weighted by atomic mass is 9.96. The predicted octanol–water partition coefficient (Wildman–Crippen LogP) is 3.15. The summed E-state index contributed by atoms with van der Waals surface area (Å²) >= 11 is 3.46. The lowest BCUT2D eigenvalue weighted by molar-refractivity contribution is 0.132. The van der Waals surface area contributed by atoms with E-state index in [1.54, 1.807) is 0 Å². The minimum atomic E-state index is -0.0750. The first-order chi connectivity index (χ1) is 6.75. The van der Waals surface area contributed by atoms with Crippen LogP contribution in [0, 0.1) is 5.92 Å². The zero-order valence-electron chi connectivity index (χ0n) is 8.12. The number of hydrogen-bond acceptors (Lipinski definition) is 1. The van der Waals surface area contributed by atoms with E-state index >= 15 is 0 Å². The monoisotopic (exact) mass is 254 g/mol. The van der Waals surface area contributed by atoms with Crippen LogP contribution >= 0.6 is 15.9 Å². The van der Waals surface area contributed by atoms with Crippen LogP contribution in [0.25, 0.3) is 0 Å². The van der Waals surface area contributed by atoms with Crippen molar-refractivity contribution in [3.05, 3.63) is 34.3 Å². The standard InChI is InChI=1S/C12H15BrO/c13-11-5-1-3-9(8-11)7-10-4-2-6-12(10)14/h1,3,5,8,10,12,14H,2,4,6-7H2. The Balaban J connectivity index is 2.03. The number of halogens is 1. The highest BCUT2D eigenvalue weighted by Gasteiger charge is 2.24. The Morgan fingerprint density at radius 2 is 2.21 bits per heavy atom. The average molecular weight is 255 g/mol. The molecule has 0 heterocycles. The molecular formula is C12H15BrO. The van der Waals surface area contributed by atoms with Crippen molar-refractivity contribution < 1.29 is 5.11 Å². The van der Waals surface area contributed by atoms with Crippen molar-refractivity contribution in [1.29, 1.82) is 0 Å². The molecule has 0 aliphatic heterocycles. The van der Waals surface area contributed by atoms with Crippen LogP contribution in [-0.4, -0.2) is 11.2 Å². The van der Waals surface area contributed by atoms with Gasteiger partial charge in [0.05, 0.1) is 6.10 Å². The molecule has 1 aromatic rings. The van der Waals surface area contributed by atoms with Gasteiger partial charge < -0.3 is 5.11 Å². The Hall–Kier alpha value is -0.340. The normalized spacial score (nSPS) is 26.7. The van der Waals surface area contributed by atoms with Gasteiger partial charge in [0.25, 0.3) is 0 Å². The Morgan fingerprint density at radius 3 is 2.86 bits per heavy atom. The molecule has 2 atom stereocenters. The highest BCUT2D eigenvalue weighted by atomic mass is 79.9. The van der Waals surface area contributed by atoms with Gasteiger partial charge in [0, 0.05) is 4.47 Å². The second kappa shape index (κ2) is 4.45. The van der Waals surface area contributed by atoms with Crippen molar-refractivity contribution in [2.45, 2.75) is 31.8 Å². The fourth-order valence-corrected chi connectivity index (χ4v) is 2.67. The Labute approximate surface area is 93.3 Å². The minimum Gasteiger partial charge on any atom is -0.393 e. The first kappa shape index (κ1) is 10.2. The summed E-state index contributed by atoms with van der Waals surface area (Å²) in [5.41, 5.74) is 1.32. The zero-order chi connectivity index (χ0) is 9.97. The molecule has 76 valence electrons. The van der Waals surface area contributed by atoms with Crippen LogP contribution in [-0.2, 0) is 6.42 Å². The van der Waals surface area contributed by atoms with Crippen LogP contribution in [0.5, 0.6) is 0 Å². The zero-order valence-corrected chi connectivity index (χ0v) is 9.70. The molecule has 0 aromatic heterocycles. The van der Waals surface area contributed by atoms with Gasteiger partial charge in [-0.05, 0) is 42.9 Å². The molecule has 0 bridgehead atoms. The lowest BCUT2D eigenvalue weighted by Crippen LogP contribution is -2.15. The molecule has 2 rings (SSSR count). The van der Waals surface area contributed by atoms with Crippen LogP contribution in [0.3, 0.4) is 0 Å². The molecule has 0 spiro atoms. The van der Waals surface area contributed by atoms with E-state index in [0.29, 0.717) is 5.92 Å². The van der Waals surface area contributed by atoms with E-state index in [2.05, 4.69) is 34.1 Å². The van der Waals surface area contributed by atoms with Crippen LogP contribution < -0.4 is 0 Å². The van der Waals surface area contributed by atoms with Gasteiger partial charge in [-0.25, -0.2) is 0 Å². The van der Waals surface area contributed by atoms with Gasteiger partial charge in [-0.15, -0.1) is 0 Å². The van der Waals surface area contributed by atoms with E-state index in [1.807, 2.05) is 6.07 Å². The minimum absolute atomic E-state index is 0.0750. The summed E-state index contributed by atoms with van der Waals surface area (Å²) in [6.45, 7) is 0. The highest BCUT2D eigenvalue weighted by Crippen LogP contribution is 2.29. The van der Waals surface area contributed by atoms with Crippen molar-refractivity contribution in [3.63, 3.8) is 0 Å². The second-order valence-electron chi connectivity index (χ2n) is 4.09. The van der Waals surface area contributed by atoms with Crippen LogP contribution in [0.15, 0.2) is 28.7 Å². The number of aliphatic hydroxyl groups is 1. The SMILES string of the molecule is OC1CCCC1Cc1cccc(Br)c1. The van der Waals surface area contributed by atoms with Crippen LogP contribution in [0.2, 0.25) is 0 Å². The van der Waals surface area contributed by atoms with Gasteiger partial charge in [-0.2, -0.15) is 0 Å². The number of aliphatic hydroxyl groups excluding tert-OH is 1. The van der Waals surface area contributed by atoms with E-state index in [0.717, 1.165) is 17.3 Å². The molecule has 2 unspecified atom stereocenters. The third kappa shape index (κ3) is 2.37. The average Bonchev–Trinajstić information content (AvgIpc) is 2.52. The van der Waals surface area contributed by atoms with Crippen molar-refractivity contribution in [2.75, 3.05) is 0 Å². The third-order valence-electron chi connectivity index (χ3n) is 3.01. The van der Waals surface area contributed by atoms with Gasteiger partial charge in [-0.1, -0.05) is 34.5 Å². The number of hydrogen-bond donors (Lipinski definition) is 1. The Bertz CT molecular complexity index is 311. The molecule has 1 aliphatic carbocycles. The first-order valence-electron chi connectivity index (χ1n) is 5.18. The summed E-state index contributed by atoms with van der Waals surface area (Å²) in [4.78, 5) is 0. The van der Waals surface area contributed by atoms with E-state index in [4.69, 9.17) is 0 Å². The van der Waals surface area contributed by atoms with Gasteiger partial charge in [-0.3, -0.25) is 0 Å². The quantitative estimate of drug-likeness (QED) is 0.860.